The summed E-state index contributed by atoms with van der Waals surface area (Å²) < 4.78 is 0. The minimum absolute atomic E-state index is 0.519. The summed E-state index contributed by atoms with van der Waals surface area (Å²) in [7, 11) is 0. The van der Waals surface area contributed by atoms with E-state index in [1.165, 1.54) is 0 Å². The molecule has 1 aliphatic carbocycles. The predicted molar refractivity (Wildman–Crippen MR) is 51.9 cm³/mol. The molecule has 0 heterocycles. The first-order valence-corrected chi connectivity index (χ1v) is 4.44. The van der Waals surface area contributed by atoms with Crippen LogP contribution in [0.1, 0.15) is 17.5 Å². The summed E-state index contributed by atoms with van der Waals surface area (Å²) in [5.41, 5.74) is 2.52. The van der Waals surface area contributed by atoms with Gasteiger partial charge in [0, 0.05) is 5.57 Å². The minimum Gasteiger partial charge on any atom is -0.502 e. The molecule has 1 aliphatic rings. The second kappa shape index (κ2) is 3.18. The number of fused-ring (bicyclic) bond motifs is 1. The summed E-state index contributed by atoms with van der Waals surface area (Å²) >= 11 is 0. The summed E-state index contributed by atoms with van der Waals surface area (Å²) in [6, 6.07) is 7.56. The second-order valence-electron chi connectivity index (χ2n) is 3.29. The van der Waals surface area contributed by atoms with Crippen molar-refractivity contribution in [3.63, 3.8) is 0 Å². The number of aliphatic carboxylic acids is 1. The lowest BCUT2D eigenvalue weighted by atomic mass is 10.1. The van der Waals surface area contributed by atoms with Crippen LogP contribution in [-0.2, 0) is 11.2 Å². The van der Waals surface area contributed by atoms with Gasteiger partial charge in [0.05, 0.1) is 0 Å². The number of allylic oxidation sites excluding steroid dienone is 1. The summed E-state index contributed by atoms with van der Waals surface area (Å²) in [5.74, 6) is -1.77. The molecule has 1 aromatic carbocycles. The topological polar surface area (TPSA) is 57.5 Å². The van der Waals surface area contributed by atoms with Crippen molar-refractivity contribution in [1.29, 1.82) is 0 Å². The van der Waals surface area contributed by atoms with Crippen LogP contribution in [0.5, 0.6) is 0 Å². The van der Waals surface area contributed by atoms with Crippen molar-refractivity contribution in [2.45, 2.75) is 12.8 Å². The van der Waals surface area contributed by atoms with E-state index in [0.717, 1.165) is 17.5 Å². The van der Waals surface area contributed by atoms with Gasteiger partial charge in [0.2, 0.25) is 5.76 Å². The van der Waals surface area contributed by atoms with Gasteiger partial charge in [0.15, 0.2) is 0 Å². The van der Waals surface area contributed by atoms with Crippen molar-refractivity contribution in [1.82, 2.24) is 0 Å². The SMILES string of the molecule is O=C(O)/C(O)=C1\CCc2ccccc21. The van der Waals surface area contributed by atoms with Gasteiger partial charge in [-0.05, 0) is 24.0 Å². The number of aliphatic hydroxyl groups is 1. The molecule has 0 fully saturated rings. The molecule has 3 nitrogen and oxygen atoms in total. The van der Waals surface area contributed by atoms with E-state index in [9.17, 15) is 9.90 Å². The average Bonchev–Trinajstić information content (AvgIpc) is 2.60. The van der Waals surface area contributed by atoms with Crippen LogP contribution in [0.3, 0.4) is 0 Å². The van der Waals surface area contributed by atoms with E-state index in [1.54, 1.807) is 0 Å². The molecule has 3 heteroatoms. The number of hydrogen-bond donors (Lipinski definition) is 2. The van der Waals surface area contributed by atoms with Gasteiger partial charge in [-0.15, -0.1) is 0 Å². The van der Waals surface area contributed by atoms with Crippen molar-refractivity contribution >= 4 is 11.5 Å². The molecule has 0 aliphatic heterocycles. The van der Waals surface area contributed by atoms with E-state index < -0.39 is 11.7 Å². The average molecular weight is 190 g/mol. The lowest BCUT2D eigenvalue weighted by Gasteiger charge is -2.01. The highest BCUT2D eigenvalue weighted by Crippen LogP contribution is 2.33. The lowest BCUT2D eigenvalue weighted by molar-refractivity contribution is -0.135. The highest BCUT2D eigenvalue weighted by molar-refractivity contribution is 5.95. The summed E-state index contributed by atoms with van der Waals surface area (Å²) in [6.07, 6.45) is 1.42. The second-order valence-corrected chi connectivity index (χ2v) is 3.29. The molecule has 0 saturated heterocycles. The number of benzene rings is 1. The van der Waals surface area contributed by atoms with Crippen molar-refractivity contribution in [2.75, 3.05) is 0 Å². The minimum atomic E-state index is -1.25. The molecule has 0 aromatic heterocycles. The van der Waals surface area contributed by atoms with Crippen LogP contribution in [0.2, 0.25) is 0 Å². The molecule has 0 amide bonds. The van der Waals surface area contributed by atoms with E-state index in [1.807, 2.05) is 24.3 Å². The van der Waals surface area contributed by atoms with Crippen LogP contribution in [0.15, 0.2) is 30.0 Å². The Morgan fingerprint density at radius 2 is 1.86 bits per heavy atom. The largest absolute Gasteiger partial charge is 0.502 e. The van der Waals surface area contributed by atoms with Crippen LogP contribution in [0.4, 0.5) is 0 Å². The van der Waals surface area contributed by atoms with Gasteiger partial charge < -0.3 is 10.2 Å². The zero-order valence-electron chi connectivity index (χ0n) is 7.53. The smallest absolute Gasteiger partial charge is 0.371 e. The first kappa shape index (κ1) is 8.81. The zero-order valence-corrected chi connectivity index (χ0v) is 7.53. The summed E-state index contributed by atoms with van der Waals surface area (Å²) in [5, 5.41) is 18.0. The third-order valence-corrected chi connectivity index (χ3v) is 2.48. The molecule has 72 valence electrons. The number of aryl methyl sites for hydroxylation is 1. The number of carboxylic acid groups (broad SMARTS) is 1. The molecule has 2 N–H and O–H groups in total. The maximum absolute atomic E-state index is 10.6. The quantitative estimate of drug-likeness (QED) is 0.526. The first-order valence-electron chi connectivity index (χ1n) is 4.44. The Kier molecular flexibility index (Phi) is 2.00. The summed E-state index contributed by atoms with van der Waals surface area (Å²) in [4.78, 5) is 10.6. The van der Waals surface area contributed by atoms with Gasteiger partial charge in [-0.2, -0.15) is 0 Å². The van der Waals surface area contributed by atoms with Crippen LogP contribution in [0.25, 0.3) is 5.57 Å². The maximum Gasteiger partial charge on any atom is 0.371 e. The molecule has 0 atom stereocenters. The van der Waals surface area contributed by atoms with Gasteiger partial charge in [0.1, 0.15) is 0 Å². The molecule has 0 spiro atoms. The van der Waals surface area contributed by atoms with E-state index in [-0.39, 0.29) is 0 Å². The van der Waals surface area contributed by atoms with Crippen molar-refractivity contribution in [3.8, 4) is 0 Å². The van der Waals surface area contributed by atoms with Crippen molar-refractivity contribution in [2.24, 2.45) is 0 Å². The molecule has 0 bridgehead atoms. The maximum atomic E-state index is 10.6. The Labute approximate surface area is 81.3 Å². The lowest BCUT2D eigenvalue weighted by Crippen LogP contribution is -2.01. The molecule has 14 heavy (non-hydrogen) atoms. The number of aliphatic hydroxyl groups excluding tert-OH is 1. The van der Waals surface area contributed by atoms with Gasteiger partial charge in [-0.25, -0.2) is 4.79 Å². The molecular weight excluding hydrogens is 180 g/mol. The fourth-order valence-corrected chi connectivity index (χ4v) is 1.80. The van der Waals surface area contributed by atoms with E-state index in [2.05, 4.69) is 0 Å². The van der Waals surface area contributed by atoms with Crippen molar-refractivity contribution < 1.29 is 15.0 Å². The highest BCUT2D eigenvalue weighted by Gasteiger charge is 2.22. The first-order chi connectivity index (χ1) is 6.70. The van der Waals surface area contributed by atoms with Gasteiger partial charge >= 0.3 is 5.97 Å². The van der Waals surface area contributed by atoms with Crippen molar-refractivity contribution in [3.05, 3.63) is 41.2 Å². The number of hydrogen-bond acceptors (Lipinski definition) is 2. The van der Waals surface area contributed by atoms with Crippen LogP contribution in [0, 0.1) is 0 Å². The Morgan fingerprint density at radius 1 is 1.14 bits per heavy atom. The Balaban J connectivity index is 2.54. The molecule has 0 unspecified atom stereocenters. The van der Waals surface area contributed by atoms with Gasteiger partial charge in [-0.1, -0.05) is 24.3 Å². The zero-order chi connectivity index (χ0) is 10.1. The third kappa shape index (κ3) is 1.27. The number of carbonyl (C=O) groups is 1. The van der Waals surface area contributed by atoms with E-state index in [4.69, 9.17) is 5.11 Å². The van der Waals surface area contributed by atoms with Crippen LogP contribution < -0.4 is 0 Å². The van der Waals surface area contributed by atoms with E-state index >= 15 is 0 Å². The Hall–Kier alpha value is -1.77. The van der Waals surface area contributed by atoms with Crippen LogP contribution in [-0.4, -0.2) is 16.2 Å². The van der Waals surface area contributed by atoms with Gasteiger partial charge in [0.25, 0.3) is 0 Å². The molecule has 0 saturated carbocycles. The normalized spacial score (nSPS) is 17.7. The number of carboxylic acids is 1. The van der Waals surface area contributed by atoms with Gasteiger partial charge in [-0.3, -0.25) is 0 Å². The Morgan fingerprint density at radius 3 is 2.57 bits per heavy atom. The molecule has 1 aromatic rings. The summed E-state index contributed by atoms with van der Waals surface area (Å²) in [6.45, 7) is 0. The fourth-order valence-electron chi connectivity index (χ4n) is 1.80. The number of rotatable bonds is 1. The van der Waals surface area contributed by atoms with Crippen LogP contribution >= 0.6 is 0 Å². The predicted octanol–water partition coefficient (Wildman–Crippen LogP) is 1.99. The monoisotopic (exact) mass is 190 g/mol. The highest BCUT2D eigenvalue weighted by atomic mass is 16.4. The molecule has 0 radical (unpaired) electrons. The Bertz CT molecular complexity index is 418. The molecular formula is C11H10O3. The third-order valence-electron chi connectivity index (χ3n) is 2.48. The molecule has 2 rings (SSSR count). The fraction of sp³-hybridized carbons (Fsp3) is 0.182. The van der Waals surface area contributed by atoms with E-state index in [0.29, 0.717) is 12.0 Å². The standard InChI is InChI=1S/C11H10O3/c12-10(11(13)14)9-6-5-7-3-1-2-4-8(7)9/h1-4,12H,5-6H2,(H,13,14)/b10-9-.